The average Bonchev–Trinajstić information content (AvgIpc) is 3.46. The maximum Gasteiger partial charge on any atom is 0.119 e. The minimum atomic E-state index is 0.608. The highest BCUT2D eigenvalue weighted by atomic mass is 16.5. The van der Waals surface area contributed by atoms with Crippen molar-refractivity contribution in [2.75, 3.05) is 13.2 Å². The van der Waals surface area contributed by atoms with E-state index in [1.54, 1.807) is 0 Å². The van der Waals surface area contributed by atoms with Crippen LogP contribution in [-0.4, -0.2) is 13.2 Å². The Hall–Kier alpha value is -6.64. The Kier molecular flexibility index (Phi) is 15.8. The third-order valence-electron chi connectivity index (χ3n) is 18.0. The Morgan fingerprint density at radius 1 is 0.293 bits per heavy atom. The molecule has 11 rings (SSSR count). The average molecular weight is 987 g/mol. The molecule has 3 aliphatic carbocycles. The van der Waals surface area contributed by atoms with Crippen LogP contribution in [0.15, 0.2) is 182 Å². The second-order valence-corrected chi connectivity index (χ2v) is 23.2. The van der Waals surface area contributed by atoms with E-state index in [0.29, 0.717) is 35.5 Å². The van der Waals surface area contributed by atoms with E-state index in [4.69, 9.17) is 9.47 Å². The lowest BCUT2D eigenvalue weighted by Crippen LogP contribution is -2.23. The lowest BCUT2D eigenvalue weighted by molar-refractivity contribution is 0.148. The van der Waals surface area contributed by atoms with Crippen molar-refractivity contribution >= 4 is 0 Å². The number of ether oxygens (including phenoxy) is 2. The molecule has 0 heterocycles. The topological polar surface area (TPSA) is 18.5 Å². The van der Waals surface area contributed by atoms with E-state index in [1.807, 2.05) is 0 Å². The number of hydrogen-bond acceptors (Lipinski definition) is 2. The molecule has 0 radical (unpaired) electrons. The minimum Gasteiger partial charge on any atom is -0.493 e. The van der Waals surface area contributed by atoms with Crippen LogP contribution in [0.5, 0.6) is 11.5 Å². The molecule has 3 aliphatic rings. The van der Waals surface area contributed by atoms with Gasteiger partial charge in [0.25, 0.3) is 0 Å². The second kappa shape index (κ2) is 23.5. The predicted molar refractivity (Wildman–Crippen MR) is 315 cm³/mol. The largest absolute Gasteiger partial charge is 0.493 e. The molecule has 382 valence electrons. The smallest absolute Gasteiger partial charge is 0.119 e. The molecule has 0 bridgehead atoms. The molecule has 8 aromatic rings. The molecule has 75 heavy (non-hydrogen) atoms. The summed E-state index contributed by atoms with van der Waals surface area (Å²) < 4.78 is 12.4. The van der Waals surface area contributed by atoms with E-state index in [-0.39, 0.29) is 0 Å². The van der Waals surface area contributed by atoms with Gasteiger partial charge in [-0.2, -0.15) is 0 Å². The van der Waals surface area contributed by atoms with Crippen LogP contribution in [0.25, 0.3) is 33.4 Å². The molecule has 0 aromatic heterocycles. The monoisotopic (exact) mass is 987 g/mol. The molecule has 0 atom stereocenters. The highest BCUT2D eigenvalue weighted by molar-refractivity contribution is 5.71. The molecular formula is C73H78O2. The normalized spacial score (nSPS) is 20.9. The van der Waals surface area contributed by atoms with E-state index in [9.17, 15) is 0 Å². The van der Waals surface area contributed by atoms with Crippen molar-refractivity contribution in [1.82, 2.24) is 0 Å². The quantitative estimate of drug-likeness (QED) is 0.102. The zero-order valence-electron chi connectivity index (χ0n) is 45.2. The molecule has 0 amide bonds. The van der Waals surface area contributed by atoms with E-state index < -0.39 is 0 Å². The molecule has 2 nitrogen and oxygen atoms in total. The summed E-state index contributed by atoms with van der Waals surface area (Å²) in [5.74, 6) is 5.84. The first-order valence-corrected chi connectivity index (χ1v) is 28.7. The fraction of sp³-hybridized carbons (Fsp3) is 0.342. The van der Waals surface area contributed by atoms with Crippen molar-refractivity contribution in [3.63, 3.8) is 0 Å². The van der Waals surface area contributed by atoms with Crippen LogP contribution in [-0.2, 0) is 6.42 Å². The first-order chi connectivity index (χ1) is 36.7. The predicted octanol–water partition coefficient (Wildman–Crippen LogP) is 19.7. The van der Waals surface area contributed by atoms with Gasteiger partial charge in [0.1, 0.15) is 11.5 Å². The molecule has 3 fully saturated rings. The van der Waals surface area contributed by atoms with Crippen LogP contribution < -0.4 is 9.47 Å². The Bertz CT molecular complexity index is 3090. The summed E-state index contributed by atoms with van der Waals surface area (Å²) >= 11 is 0. The number of hydrogen-bond donors (Lipinski definition) is 0. The highest BCUT2D eigenvalue weighted by Gasteiger charge is 2.26. The number of aryl methyl sites for hydroxylation is 4. The fourth-order valence-electron chi connectivity index (χ4n) is 12.9. The summed E-state index contributed by atoms with van der Waals surface area (Å²) in [6.07, 6.45) is 15.9. The fourth-order valence-corrected chi connectivity index (χ4v) is 12.9. The summed E-state index contributed by atoms with van der Waals surface area (Å²) in [4.78, 5) is 0. The zero-order chi connectivity index (χ0) is 51.1. The van der Waals surface area contributed by atoms with Gasteiger partial charge >= 0.3 is 0 Å². The summed E-state index contributed by atoms with van der Waals surface area (Å²) in [6, 6.07) is 68.9. The Balaban J connectivity index is 0.643. The van der Waals surface area contributed by atoms with Gasteiger partial charge in [-0.05, 0) is 249 Å². The van der Waals surface area contributed by atoms with Gasteiger partial charge in [-0.25, -0.2) is 0 Å². The van der Waals surface area contributed by atoms with Crippen LogP contribution >= 0.6 is 0 Å². The van der Waals surface area contributed by atoms with Crippen LogP contribution in [0.3, 0.4) is 0 Å². The number of rotatable bonds is 15. The maximum absolute atomic E-state index is 6.32. The van der Waals surface area contributed by atoms with Crippen molar-refractivity contribution in [2.24, 2.45) is 11.8 Å². The summed E-state index contributed by atoms with van der Waals surface area (Å²) in [5.41, 5.74) is 21.9. The van der Waals surface area contributed by atoms with E-state index in [1.165, 1.54) is 166 Å². The highest BCUT2D eigenvalue weighted by Crippen LogP contribution is 2.43. The second-order valence-electron chi connectivity index (χ2n) is 23.2. The third-order valence-corrected chi connectivity index (χ3v) is 18.0. The molecule has 0 saturated heterocycles. The van der Waals surface area contributed by atoms with Crippen LogP contribution in [0, 0.1) is 39.5 Å². The Morgan fingerprint density at radius 2 is 0.587 bits per heavy atom. The molecule has 3 saturated carbocycles. The summed E-state index contributed by atoms with van der Waals surface area (Å²) in [7, 11) is 0. The van der Waals surface area contributed by atoms with Gasteiger partial charge in [0.15, 0.2) is 0 Å². The standard InChI is InChI=1S/C73H78O2/c1-50-5-15-56(16-6-50)57-19-21-58(22-20-57)59-23-25-60(26-24-59)61-27-29-62(30-28-61)63-31-35-66(36-32-63)68-17-9-52(3)70(45-68)47-71-46-69(18-10-53(71)4)67-37-33-64(34-38-67)65-39-43-73(44-40-65)75-49-55-13-11-54(12-14-55)48-74-72-41-7-51(2)8-42-72/h5-10,15-18,23-30,33-34,37-46,54-55,57-58,63,66H,11-14,19-22,31-32,35-36,47-49H2,1-4H3. The van der Waals surface area contributed by atoms with Gasteiger partial charge in [0.2, 0.25) is 0 Å². The first kappa shape index (κ1) is 50.5. The zero-order valence-corrected chi connectivity index (χ0v) is 45.2. The summed E-state index contributed by atoms with van der Waals surface area (Å²) in [6.45, 7) is 10.5. The molecule has 0 unspecified atom stereocenters. The van der Waals surface area contributed by atoms with Crippen LogP contribution in [0.1, 0.15) is 156 Å². The van der Waals surface area contributed by atoms with E-state index in [0.717, 1.165) is 31.1 Å². The van der Waals surface area contributed by atoms with Gasteiger partial charge in [-0.1, -0.05) is 169 Å². The van der Waals surface area contributed by atoms with Crippen LogP contribution in [0.2, 0.25) is 0 Å². The Labute approximate surface area is 449 Å². The van der Waals surface area contributed by atoms with Gasteiger partial charge in [-0.15, -0.1) is 0 Å². The van der Waals surface area contributed by atoms with Crippen molar-refractivity contribution in [3.8, 4) is 44.9 Å². The lowest BCUT2D eigenvalue weighted by Gasteiger charge is -2.30. The lowest BCUT2D eigenvalue weighted by atomic mass is 9.75. The maximum atomic E-state index is 6.32. The molecular weight excluding hydrogens is 909 g/mol. The van der Waals surface area contributed by atoms with Crippen molar-refractivity contribution in [2.45, 2.75) is 135 Å². The molecule has 0 spiro atoms. The van der Waals surface area contributed by atoms with E-state index >= 15 is 0 Å². The van der Waals surface area contributed by atoms with Crippen molar-refractivity contribution < 1.29 is 9.47 Å². The van der Waals surface area contributed by atoms with Gasteiger partial charge < -0.3 is 9.47 Å². The summed E-state index contributed by atoms with van der Waals surface area (Å²) in [5, 5.41) is 0. The SMILES string of the molecule is Cc1ccc(OCC2CCC(COc3ccc(-c4ccc(-c5ccc(C)c(Cc6cc(C7CCC(c8ccc(-c9ccc(C%10CCC(c%11ccc(C)cc%11)CC%10)cc9)cc8)CC7)ccc6C)c5)cc4)cc3)CC2)cc1. The van der Waals surface area contributed by atoms with Gasteiger partial charge in [0, 0.05) is 0 Å². The first-order valence-electron chi connectivity index (χ1n) is 28.7. The molecule has 0 aliphatic heterocycles. The molecule has 8 aromatic carbocycles. The molecule has 0 N–H and O–H groups in total. The molecule has 2 heteroatoms. The third kappa shape index (κ3) is 12.6. The van der Waals surface area contributed by atoms with Gasteiger partial charge in [0.05, 0.1) is 13.2 Å². The van der Waals surface area contributed by atoms with Crippen molar-refractivity contribution in [3.05, 3.63) is 238 Å². The minimum absolute atomic E-state index is 0.608. The van der Waals surface area contributed by atoms with Gasteiger partial charge in [-0.3, -0.25) is 0 Å². The van der Waals surface area contributed by atoms with E-state index in [2.05, 4.69) is 210 Å². The van der Waals surface area contributed by atoms with Crippen LogP contribution in [0.4, 0.5) is 0 Å². The van der Waals surface area contributed by atoms with Crippen molar-refractivity contribution in [1.29, 1.82) is 0 Å². The Morgan fingerprint density at radius 3 is 1.03 bits per heavy atom. The number of benzene rings is 8.